The van der Waals surface area contributed by atoms with Crippen LogP contribution in [0.4, 0.5) is 4.79 Å². The highest BCUT2D eigenvalue weighted by molar-refractivity contribution is 7.54. The van der Waals surface area contributed by atoms with E-state index in [0.717, 1.165) is 47.8 Å². The molecular weight excluding hydrogens is 794 g/mol. The number of fused-ring (bicyclic) bond motifs is 5. The number of carbonyl (C=O) groups excluding carboxylic acids is 2. The smallest absolute Gasteiger partial charge is 0.415 e. The molecule has 1 amide bonds. The molecular formula is C40H53Cl2N6O8P. The third-order valence-corrected chi connectivity index (χ3v) is 14.6. The van der Waals surface area contributed by atoms with Crippen LogP contribution in [0, 0.1) is 0 Å². The summed E-state index contributed by atoms with van der Waals surface area (Å²) < 4.78 is 31.9. The average molecular weight is 848 g/mol. The number of pyridine rings is 2. The molecule has 0 bridgehead atoms. The number of benzene rings is 1. The first-order valence-corrected chi connectivity index (χ1v) is 22.9. The highest BCUT2D eigenvalue weighted by Gasteiger charge is 2.45. The van der Waals surface area contributed by atoms with E-state index in [-0.39, 0.29) is 24.7 Å². The Morgan fingerprint density at radius 2 is 1.79 bits per heavy atom. The number of esters is 1. The molecule has 1 unspecified atom stereocenters. The van der Waals surface area contributed by atoms with Gasteiger partial charge in [0, 0.05) is 67.0 Å². The first kappa shape index (κ1) is 42.1. The van der Waals surface area contributed by atoms with Crippen molar-refractivity contribution in [3.63, 3.8) is 0 Å². The van der Waals surface area contributed by atoms with Crippen molar-refractivity contribution in [3.8, 4) is 17.1 Å². The SMILES string of the molecule is CCc1c2c(nc3ccc(OC(=O)N4CCC(N5CCCCC5)CC4)cc13)-c1cc3c(c(=O)n1C2)COC(=O)[C@]3(O)CC.O=P1(N(CCCl)CCCl)NCCCO1. The number of hydrogen-bond donors (Lipinski definition) is 2. The summed E-state index contributed by atoms with van der Waals surface area (Å²) in [5, 5.41) is 14.9. The number of aliphatic hydroxyl groups is 1. The Kier molecular flexibility index (Phi) is 13.3. The Balaban J connectivity index is 0.000000301. The van der Waals surface area contributed by atoms with Crippen molar-refractivity contribution in [3.05, 3.63) is 56.9 Å². The zero-order valence-corrected chi connectivity index (χ0v) is 35.2. The first-order valence-electron chi connectivity index (χ1n) is 20.3. The number of halogens is 2. The molecule has 3 aromatic rings. The van der Waals surface area contributed by atoms with Crippen LogP contribution in [0.1, 0.15) is 81.0 Å². The van der Waals surface area contributed by atoms with Gasteiger partial charge in [-0.3, -0.25) is 9.36 Å². The number of aromatic nitrogens is 2. The standard InChI is InChI=1S/C33H38N4O6.C7H15Cl2N2O2P/c1-3-22-23-16-21(43-32(40)36-14-10-20(11-15-36)35-12-6-5-7-13-35)8-9-27(23)34-29-24(22)18-37-28(29)17-26-25(30(37)38)19-42-31(39)33(26,41)4-2;8-2-5-11(6-3-9)14(12)10-4-1-7-13-14/h8-9,16-17,20,41H,3-7,10-15,18-19H2,1-2H3;1-7H2,(H,10,12)/t33-;/m0./s1. The van der Waals surface area contributed by atoms with Crippen LogP contribution in [-0.4, -0.2) is 111 Å². The van der Waals surface area contributed by atoms with E-state index in [1.807, 2.05) is 17.0 Å². The van der Waals surface area contributed by atoms with Crippen molar-refractivity contribution in [2.45, 2.75) is 90.0 Å². The molecule has 0 aliphatic carbocycles. The predicted molar refractivity (Wildman–Crippen MR) is 219 cm³/mol. The third-order valence-electron chi connectivity index (χ3n) is 11.9. The number of nitrogens with zero attached hydrogens (tertiary/aromatic N) is 5. The van der Waals surface area contributed by atoms with E-state index in [0.29, 0.717) is 91.8 Å². The zero-order valence-electron chi connectivity index (χ0n) is 32.8. The zero-order chi connectivity index (χ0) is 40.3. The molecule has 3 fully saturated rings. The quantitative estimate of drug-likeness (QED) is 0.116. The molecule has 2 N–H and O–H groups in total. The molecule has 5 aliphatic rings. The fourth-order valence-corrected chi connectivity index (χ4v) is 11.4. The van der Waals surface area contributed by atoms with E-state index < -0.39 is 19.2 Å². The maximum absolute atomic E-state index is 13.6. The number of hydrogen-bond acceptors (Lipinski definition) is 10. The van der Waals surface area contributed by atoms with Crippen molar-refractivity contribution in [2.24, 2.45) is 0 Å². The number of rotatable bonds is 9. The van der Waals surface area contributed by atoms with Crippen LogP contribution in [0.3, 0.4) is 0 Å². The number of aryl methyl sites for hydroxylation is 1. The summed E-state index contributed by atoms with van der Waals surface area (Å²) in [5.41, 5.74) is 2.38. The molecule has 1 aromatic carbocycles. The topological polar surface area (TPSA) is 156 Å². The lowest BCUT2D eigenvalue weighted by Crippen LogP contribution is -2.48. The minimum Gasteiger partial charge on any atom is -0.458 e. The number of alkyl halides is 2. The molecule has 8 rings (SSSR count). The lowest BCUT2D eigenvalue weighted by molar-refractivity contribution is -0.172. The van der Waals surface area contributed by atoms with Crippen LogP contribution in [0.15, 0.2) is 29.1 Å². The molecule has 17 heteroatoms. The summed E-state index contributed by atoms with van der Waals surface area (Å²) in [6.07, 6.45) is 7.15. The molecule has 2 atom stereocenters. The number of likely N-dealkylation sites (tertiary alicyclic amines) is 2. The number of ether oxygens (including phenoxy) is 2. The molecule has 3 saturated heterocycles. The Morgan fingerprint density at radius 3 is 2.44 bits per heavy atom. The Morgan fingerprint density at radius 1 is 1.05 bits per heavy atom. The van der Waals surface area contributed by atoms with Gasteiger partial charge >= 0.3 is 19.7 Å². The second-order valence-electron chi connectivity index (χ2n) is 15.2. The number of nitrogens with one attached hydrogen (secondary N) is 1. The molecule has 0 radical (unpaired) electrons. The average Bonchev–Trinajstić information content (AvgIpc) is 3.60. The van der Waals surface area contributed by atoms with Gasteiger partial charge in [0.2, 0.25) is 0 Å². The molecule has 0 spiro atoms. The third kappa shape index (κ3) is 8.39. The number of amides is 1. The molecule has 5 aliphatic heterocycles. The maximum Gasteiger partial charge on any atom is 0.415 e. The van der Waals surface area contributed by atoms with Gasteiger partial charge in [-0.05, 0) is 87.9 Å². The normalized spacial score (nSPS) is 23.7. The monoisotopic (exact) mass is 846 g/mol. The minimum absolute atomic E-state index is 0.0951. The van der Waals surface area contributed by atoms with Gasteiger partial charge in [0.1, 0.15) is 12.4 Å². The predicted octanol–water partition coefficient (Wildman–Crippen LogP) is 5.98. The first-order chi connectivity index (χ1) is 27.5. The van der Waals surface area contributed by atoms with E-state index in [2.05, 4.69) is 16.9 Å². The van der Waals surface area contributed by atoms with Crippen molar-refractivity contribution in [1.82, 2.24) is 29.1 Å². The van der Waals surface area contributed by atoms with Crippen LogP contribution in [0.5, 0.6) is 5.75 Å². The fraction of sp³-hybridized carbons (Fsp3) is 0.600. The van der Waals surface area contributed by atoms with E-state index in [1.54, 1.807) is 28.3 Å². The van der Waals surface area contributed by atoms with Gasteiger partial charge in [-0.25, -0.2) is 24.3 Å². The van der Waals surface area contributed by atoms with E-state index in [4.69, 9.17) is 42.2 Å². The summed E-state index contributed by atoms with van der Waals surface area (Å²) in [6.45, 7) is 9.96. The number of piperidine rings is 2. The van der Waals surface area contributed by atoms with Gasteiger partial charge in [0.05, 0.1) is 35.6 Å². The van der Waals surface area contributed by atoms with Gasteiger partial charge in [-0.15, -0.1) is 23.2 Å². The van der Waals surface area contributed by atoms with Crippen molar-refractivity contribution < 1.29 is 33.3 Å². The van der Waals surface area contributed by atoms with Gasteiger partial charge in [-0.2, -0.15) is 0 Å². The van der Waals surface area contributed by atoms with Crippen LogP contribution in [-0.2, 0) is 43.8 Å². The van der Waals surface area contributed by atoms with Crippen LogP contribution in [0.2, 0.25) is 0 Å². The van der Waals surface area contributed by atoms with E-state index in [9.17, 15) is 24.1 Å². The lowest BCUT2D eigenvalue weighted by atomic mass is 9.86. The highest BCUT2D eigenvalue weighted by atomic mass is 35.5. The lowest BCUT2D eigenvalue weighted by Gasteiger charge is -2.39. The van der Waals surface area contributed by atoms with Crippen molar-refractivity contribution >= 4 is 53.8 Å². The summed E-state index contributed by atoms with van der Waals surface area (Å²) >= 11 is 11.2. The molecule has 310 valence electrons. The summed E-state index contributed by atoms with van der Waals surface area (Å²) in [6, 6.07) is 7.77. The van der Waals surface area contributed by atoms with Gasteiger partial charge in [-0.1, -0.05) is 20.3 Å². The number of carbonyl (C=O) groups is 2. The fourth-order valence-electron chi connectivity index (χ4n) is 8.75. The largest absolute Gasteiger partial charge is 0.458 e. The van der Waals surface area contributed by atoms with Gasteiger partial charge in [0.25, 0.3) is 5.56 Å². The van der Waals surface area contributed by atoms with Crippen LogP contribution in [0.25, 0.3) is 22.3 Å². The van der Waals surface area contributed by atoms with Crippen molar-refractivity contribution in [1.29, 1.82) is 0 Å². The Hall–Kier alpha value is -3.07. The van der Waals surface area contributed by atoms with Gasteiger partial charge in [0.15, 0.2) is 5.60 Å². The molecule has 57 heavy (non-hydrogen) atoms. The summed E-state index contributed by atoms with van der Waals surface area (Å²) in [5.74, 6) is 0.579. The van der Waals surface area contributed by atoms with Crippen LogP contribution >= 0.6 is 30.9 Å². The molecule has 0 saturated carbocycles. The van der Waals surface area contributed by atoms with E-state index in [1.165, 1.54) is 32.4 Å². The van der Waals surface area contributed by atoms with Crippen LogP contribution < -0.4 is 15.4 Å². The summed E-state index contributed by atoms with van der Waals surface area (Å²) in [4.78, 5) is 48.5. The van der Waals surface area contributed by atoms with E-state index >= 15 is 0 Å². The minimum atomic E-state index is -2.84. The summed E-state index contributed by atoms with van der Waals surface area (Å²) in [7, 11) is -2.84. The van der Waals surface area contributed by atoms with Crippen molar-refractivity contribution in [2.75, 3.05) is 64.2 Å². The second kappa shape index (κ2) is 18.0. The second-order valence-corrected chi connectivity index (χ2v) is 18.1. The Bertz CT molecular complexity index is 2070. The highest BCUT2D eigenvalue weighted by Crippen LogP contribution is 2.48. The Labute approximate surface area is 343 Å². The number of cyclic esters (lactones) is 1. The molecule has 2 aromatic heterocycles. The van der Waals surface area contributed by atoms with Gasteiger partial charge < -0.3 is 33.5 Å². The molecule has 7 heterocycles. The molecule has 14 nitrogen and oxygen atoms in total. The maximum atomic E-state index is 13.6.